The van der Waals surface area contributed by atoms with Crippen molar-refractivity contribution in [3.05, 3.63) is 48.1 Å². The first kappa shape index (κ1) is 17.5. The predicted molar refractivity (Wildman–Crippen MR) is 93.1 cm³/mol. The van der Waals surface area contributed by atoms with Crippen LogP contribution in [0.25, 0.3) is 11.4 Å². The van der Waals surface area contributed by atoms with Crippen LogP contribution in [0, 0.1) is 5.82 Å². The molecule has 0 aliphatic heterocycles. The molecule has 1 N–H and O–H groups in total. The number of ether oxygens (including phenoxy) is 3. The topological polar surface area (TPSA) is 78.6 Å². The molecule has 136 valence electrons. The lowest BCUT2D eigenvalue weighted by Crippen LogP contribution is -2.00. The molecule has 0 fully saturated rings. The molecule has 3 rings (SSSR count). The third-order valence-corrected chi connectivity index (χ3v) is 3.71. The van der Waals surface area contributed by atoms with Gasteiger partial charge in [-0.05, 0) is 24.3 Å². The summed E-state index contributed by atoms with van der Waals surface area (Å²) in [5.41, 5.74) is 1.25. The van der Waals surface area contributed by atoms with E-state index >= 15 is 0 Å². The molecule has 0 bridgehead atoms. The molecule has 0 saturated heterocycles. The zero-order valence-corrected chi connectivity index (χ0v) is 14.6. The second-order valence-corrected chi connectivity index (χ2v) is 5.28. The molecule has 2 aromatic carbocycles. The van der Waals surface area contributed by atoms with Gasteiger partial charge in [0.15, 0.2) is 11.6 Å². The summed E-state index contributed by atoms with van der Waals surface area (Å²) in [4.78, 5) is 4.34. The fourth-order valence-electron chi connectivity index (χ4n) is 2.37. The normalized spacial score (nSPS) is 10.5. The standard InChI is InChI=1S/C18H18FN3O4/c1-23-12-5-6-13(16(9-12)25-3)18-21-17(26-22-18)10-20-11-4-7-15(24-2)14(19)8-11/h4-9,20H,10H2,1-3H3. The maximum atomic E-state index is 13.7. The van der Waals surface area contributed by atoms with Gasteiger partial charge in [0, 0.05) is 17.8 Å². The number of hydrogen-bond acceptors (Lipinski definition) is 7. The van der Waals surface area contributed by atoms with E-state index in [1.807, 2.05) is 0 Å². The number of benzene rings is 2. The van der Waals surface area contributed by atoms with Gasteiger partial charge < -0.3 is 24.1 Å². The van der Waals surface area contributed by atoms with Crippen LogP contribution < -0.4 is 19.5 Å². The highest BCUT2D eigenvalue weighted by Gasteiger charge is 2.14. The lowest BCUT2D eigenvalue weighted by atomic mass is 10.2. The van der Waals surface area contributed by atoms with Gasteiger partial charge in [-0.15, -0.1) is 0 Å². The highest BCUT2D eigenvalue weighted by Crippen LogP contribution is 2.31. The van der Waals surface area contributed by atoms with Gasteiger partial charge >= 0.3 is 0 Å². The predicted octanol–water partition coefficient (Wildman–Crippen LogP) is 3.51. The van der Waals surface area contributed by atoms with Gasteiger partial charge in [0.1, 0.15) is 11.5 Å². The molecule has 0 amide bonds. The van der Waals surface area contributed by atoms with Gasteiger partial charge in [0.05, 0.1) is 33.4 Å². The minimum absolute atomic E-state index is 0.183. The number of aromatic nitrogens is 2. The maximum absolute atomic E-state index is 13.7. The number of rotatable bonds is 7. The molecule has 0 aliphatic carbocycles. The second-order valence-electron chi connectivity index (χ2n) is 5.28. The van der Waals surface area contributed by atoms with Gasteiger partial charge in [0.25, 0.3) is 0 Å². The average Bonchev–Trinajstić information content (AvgIpc) is 3.14. The van der Waals surface area contributed by atoms with Crippen molar-refractivity contribution >= 4 is 5.69 Å². The Morgan fingerprint density at radius 1 is 1.00 bits per heavy atom. The summed E-state index contributed by atoms with van der Waals surface area (Å²) in [7, 11) is 4.55. The third kappa shape index (κ3) is 3.69. The van der Waals surface area contributed by atoms with Crippen molar-refractivity contribution in [2.45, 2.75) is 6.54 Å². The molecule has 0 spiro atoms. The summed E-state index contributed by atoms with van der Waals surface area (Å²) in [5.74, 6) is 1.71. The number of nitrogens with zero attached hydrogens (tertiary/aromatic N) is 2. The maximum Gasteiger partial charge on any atom is 0.246 e. The molecule has 26 heavy (non-hydrogen) atoms. The number of nitrogens with one attached hydrogen (secondary N) is 1. The summed E-state index contributed by atoms with van der Waals surface area (Å²) in [6.07, 6.45) is 0. The van der Waals surface area contributed by atoms with Crippen LogP contribution >= 0.6 is 0 Å². The molecular weight excluding hydrogens is 341 g/mol. The first-order chi connectivity index (χ1) is 12.6. The monoisotopic (exact) mass is 359 g/mol. The fourth-order valence-corrected chi connectivity index (χ4v) is 2.37. The number of methoxy groups -OCH3 is 3. The molecule has 0 atom stereocenters. The molecule has 8 heteroatoms. The van der Waals surface area contributed by atoms with E-state index in [0.29, 0.717) is 34.5 Å². The molecule has 1 aromatic heterocycles. The summed E-state index contributed by atoms with van der Waals surface area (Å²) < 4.78 is 34.4. The quantitative estimate of drug-likeness (QED) is 0.691. The Morgan fingerprint density at radius 3 is 2.50 bits per heavy atom. The Bertz CT molecular complexity index is 898. The van der Waals surface area contributed by atoms with Crippen molar-refractivity contribution < 1.29 is 23.1 Å². The Kier molecular flexibility index (Phi) is 5.21. The van der Waals surface area contributed by atoms with Crippen LogP contribution in [0.5, 0.6) is 17.2 Å². The number of halogens is 1. The minimum Gasteiger partial charge on any atom is -0.497 e. The Balaban J connectivity index is 1.73. The molecule has 0 unspecified atom stereocenters. The van der Waals surface area contributed by atoms with E-state index in [-0.39, 0.29) is 12.3 Å². The molecule has 1 heterocycles. The Morgan fingerprint density at radius 2 is 1.81 bits per heavy atom. The highest BCUT2D eigenvalue weighted by atomic mass is 19.1. The molecular formula is C18H18FN3O4. The zero-order valence-electron chi connectivity index (χ0n) is 14.6. The first-order valence-electron chi connectivity index (χ1n) is 7.77. The molecule has 0 radical (unpaired) electrons. The van der Waals surface area contributed by atoms with E-state index in [1.54, 1.807) is 44.6 Å². The van der Waals surface area contributed by atoms with Crippen LogP contribution in [-0.2, 0) is 6.54 Å². The van der Waals surface area contributed by atoms with Crippen molar-refractivity contribution in [2.24, 2.45) is 0 Å². The third-order valence-electron chi connectivity index (χ3n) is 3.71. The van der Waals surface area contributed by atoms with E-state index in [2.05, 4.69) is 15.5 Å². The molecule has 7 nitrogen and oxygen atoms in total. The Hall–Kier alpha value is -3.29. The molecule has 0 aliphatic rings. The van der Waals surface area contributed by atoms with Gasteiger partial charge in [-0.1, -0.05) is 5.16 Å². The van der Waals surface area contributed by atoms with Crippen LogP contribution in [0.2, 0.25) is 0 Å². The number of hydrogen-bond donors (Lipinski definition) is 1. The van der Waals surface area contributed by atoms with Crippen LogP contribution in [0.3, 0.4) is 0 Å². The number of anilines is 1. The largest absolute Gasteiger partial charge is 0.497 e. The smallest absolute Gasteiger partial charge is 0.246 e. The molecule has 3 aromatic rings. The zero-order chi connectivity index (χ0) is 18.5. The SMILES string of the molecule is COc1ccc(-c2noc(CNc3ccc(OC)c(F)c3)n2)c(OC)c1. The lowest BCUT2D eigenvalue weighted by molar-refractivity contribution is 0.381. The van der Waals surface area contributed by atoms with E-state index in [1.165, 1.54) is 13.2 Å². The summed E-state index contributed by atoms with van der Waals surface area (Å²) in [6.45, 7) is 0.247. The van der Waals surface area contributed by atoms with Crippen molar-refractivity contribution in [3.8, 4) is 28.6 Å². The van der Waals surface area contributed by atoms with Crippen LogP contribution in [0.15, 0.2) is 40.9 Å². The van der Waals surface area contributed by atoms with Crippen LogP contribution in [0.1, 0.15) is 5.89 Å². The lowest BCUT2D eigenvalue weighted by Gasteiger charge is -2.07. The van der Waals surface area contributed by atoms with Crippen molar-refractivity contribution in [2.75, 3.05) is 26.6 Å². The second kappa shape index (κ2) is 7.73. The van der Waals surface area contributed by atoms with Crippen LogP contribution in [-0.4, -0.2) is 31.5 Å². The summed E-state index contributed by atoms with van der Waals surface area (Å²) >= 11 is 0. The van der Waals surface area contributed by atoms with Crippen molar-refractivity contribution in [3.63, 3.8) is 0 Å². The van der Waals surface area contributed by atoms with Gasteiger partial charge in [-0.2, -0.15) is 4.98 Å². The highest BCUT2D eigenvalue weighted by molar-refractivity contribution is 5.65. The van der Waals surface area contributed by atoms with E-state index in [0.717, 1.165) is 0 Å². The summed E-state index contributed by atoms with van der Waals surface area (Å²) in [6, 6.07) is 9.89. The van der Waals surface area contributed by atoms with E-state index < -0.39 is 5.82 Å². The van der Waals surface area contributed by atoms with Crippen LogP contribution in [0.4, 0.5) is 10.1 Å². The minimum atomic E-state index is -0.452. The van der Waals surface area contributed by atoms with E-state index in [4.69, 9.17) is 18.7 Å². The summed E-state index contributed by atoms with van der Waals surface area (Å²) in [5, 5.41) is 6.99. The fraction of sp³-hybridized carbons (Fsp3) is 0.222. The Labute approximate surface area is 149 Å². The van der Waals surface area contributed by atoms with Gasteiger partial charge in [0.2, 0.25) is 11.7 Å². The van der Waals surface area contributed by atoms with Crippen molar-refractivity contribution in [1.29, 1.82) is 0 Å². The van der Waals surface area contributed by atoms with E-state index in [9.17, 15) is 4.39 Å². The van der Waals surface area contributed by atoms with Gasteiger partial charge in [-0.25, -0.2) is 4.39 Å². The molecule has 0 saturated carbocycles. The van der Waals surface area contributed by atoms with Crippen molar-refractivity contribution in [1.82, 2.24) is 10.1 Å². The first-order valence-corrected chi connectivity index (χ1v) is 7.77. The average molecular weight is 359 g/mol. The van der Waals surface area contributed by atoms with Gasteiger partial charge in [-0.3, -0.25) is 0 Å².